The molecule has 1 unspecified atom stereocenters. The minimum Gasteiger partial charge on any atom is -0.493 e. The van der Waals surface area contributed by atoms with Gasteiger partial charge in [0.15, 0.2) is 16.9 Å². The molecule has 4 aromatic carbocycles. The third-order valence-electron chi connectivity index (χ3n) is 7.10. The number of fused-ring (bicyclic) bond motifs is 2. The molecule has 0 radical (unpaired) electrons. The van der Waals surface area contributed by atoms with Crippen LogP contribution < -0.4 is 14.9 Å². The highest BCUT2D eigenvalue weighted by Gasteiger charge is 2.42. The van der Waals surface area contributed by atoms with Gasteiger partial charge in [0, 0.05) is 6.54 Å². The molecule has 0 saturated heterocycles. The molecule has 0 spiro atoms. The van der Waals surface area contributed by atoms with E-state index in [2.05, 4.69) is 0 Å². The van der Waals surface area contributed by atoms with Gasteiger partial charge in [-0.3, -0.25) is 9.59 Å². The van der Waals surface area contributed by atoms with Crippen molar-refractivity contribution in [2.75, 3.05) is 13.7 Å². The van der Waals surface area contributed by atoms with Crippen LogP contribution in [0.1, 0.15) is 38.9 Å². The Hall–Kier alpha value is -4.84. The number of hydrogen-bond acceptors (Lipinski definition) is 5. The van der Waals surface area contributed by atoms with Gasteiger partial charge >= 0.3 is 0 Å². The fourth-order valence-electron chi connectivity index (χ4n) is 5.15. The molecule has 2 heterocycles. The van der Waals surface area contributed by atoms with Crippen LogP contribution in [0, 0.1) is 0 Å². The molecule has 1 atom stereocenters. The number of benzene rings is 4. The van der Waals surface area contributed by atoms with E-state index in [0.29, 0.717) is 47.6 Å². The number of carbonyl (C=O) groups excluding carboxylic acids is 1. The molecular weight excluding hydrogens is 490 g/mol. The molecule has 0 N–H and O–H groups in total. The quantitative estimate of drug-likeness (QED) is 0.246. The number of para-hydroxylation sites is 1. The van der Waals surface area contributed by atoms with Crippen molar-refractivity contribution in [2.24, 2.45) is 0 Å². The summed E-state index contributed by atoms with van der Waals surface area (Å²) in [7, 11) is 1.58. The molecule has 1 aliphatic heterocycles. The van der Waals surface area contributed by atoms with Gasteiger partial charge in [-0.15, -0.1) is 0 Å². The van der Waals surface area contributed by atoms with E-state index in [9.17, 15) is 9.59 Å². The zero-order valence-corrected chi connectivity index (χ0v) is 21.5. The third kappa shape index (κ3) is 4.66. The molecule has 6 rings (SSSR count). The molecule has 1 aliphatic rings. The Balaban J connectivity index is 1.40. The highest BCUT2D eigenvalue weighted by Crippen LogP contribution is 2.41. The van der Waals surface area contributed by atoms with Crippen molar-refractivity contribution in [3.05, 3.63) is 141 Å². The first-order valence-corrected chi connectivity index (χ1v) is 12.9. The summed E-state index contributed by atoms with van der Waals surface area (Å²) in [5, 5.41) is 0.453. The van der Waals surface area contributed by atoms with Crippen LogP contribution >= 0.6 is 0 Å². The second-order valence-corrected chi connectivity index (χ2v) is 9.49. The first-order chi connectivity index (χ1) is 19.1. The Labute approximate surface area is 226 Å². The fourth-order valence-corrected chi connectivity index (χ4v) is 5.15. The van der Waals surface area contributed by atoms with Gasteiger partial charge in [-0.25, -0.2) is 0 Å². The van der Waals surface area contributed by atoms with E-state index in [1.54, 1.807) is 36.3 Å². The van der Waals surface area contributed by atoms with Gasteiger partial charge in [0.1, 0.15) is 12.2 Å². The molecule has 194 valence electrons. The molecule has 1 amide bonds. The number of ether oxygens (including phenoxy) is 2. The number of carbonyl (C=O) groups is 1. The number of nitrogens with zero attached hydrogens (tertiary/aromatic N) is 1. The first kappa shape index (κ1) is 24.5. The van der Waals surface area contributed by atoms with E-state index >= 15 is 0 Å². The average molecular weight is 518 g/mol. The molecule has 6 nitrogen and oxygen atoms in total. The lowest BCUT2D eigenvalue weighted by atomic mass is 9.97. The second kappa shape index (κ2) is 10.5. The summed E-state index contributed by atoms with van der Waals surface area (Å²) in [5.74, 6) is 0.908. The van der Waals surface area contributed by atoms with Crippen LogP contribution in [0.25, 0.3) is 11.0 Å². The van der Waals surface area contributed by atoms with E-state index in [0.717, 1.165) is 16.7 Å². The van der Waals surface area contributed by atoms with Gasteiger partial charge in [-0.05, 0) is 47.4 Å². The van der Waals surface area contributed by atoms with Gasteiger partial charge in [0.05, 0.1) is 24.1 Å². The Bertz CT molecular complexity index is 1690. The zero-order valence-electron chi connectivity index (χ0n) is 21.5. The van der Waals surface area contributed by atoms with Crippen LogP contribution in [-0.2, 0) is 13.0 Å². The Morgan fingerprint density at radius 2 is 1.49 bits per heavy atom. The van der Waals surface area contributed by atoms with Crippen molar-refractivity contribution >= 4 is 16.9 Å². The number of amides is 1. The number of hydrogen-bond donors (Lipinski definition) is 0. The van der Waals surface area contributed by atoms with Gasteiger partial charge in [0.25, 0.3) is 5.91 Å². The van der Waals surface area contributed by atoms with Crippen molar-refractivity contribution in [3.63, 3.8) is 0 Å². The van der Waals surface area contributed by atoms with Gasteiger partial charge in [-0.1, -0.05) is 78.9 Å². The smallest absolute Gasteiger partial charge is 0.290 e. The van der Waals surface area contributed by atoms with E-state index in [-0.39, 0.29) is 17.1 Å². The Morgan fingerprint density at radius 1 is 0.795 bits per heavy atom. The highest BCUT2D eigenvalue weighted by molar-refractivity contribution is 5.99. The summed E-state index contributed by atoms with van der Waals surface area (Å²) in [4.78, 5) is 29.2. The van der Waals surface area contributed by atoms with Crippen LogP contribution in [-0.4, -0.2) is 24.5 Å². The predicted molar refractivity (Wildman–Crippen MR) is 149 cm³/mol. The second-order valence-electron chi connectivity index (χ2n) is 9.49. The van der Waals surface area contributed by atoms with Crippen LogP contribution in [0.2, 0.25) is 0 Å². The Kier molecular flexibility index (Phi) is 6.59. The monoisotopic (exact) mass is 517 g/mol. The Morgan fingerprint density at radius 3 is 2.23 bits per heavy atom. The van der Waals surface area contributed by atoms with E-state index in [1.165, 1.54) is 0 Å². The number of methoxy groups -OCH3 is 1. The van der Waals surface area contributed by atoms with E-state index in [1.807, 2.05) is 78.9 Å². The van der Waals surface area contributed by atoms with Gasteiger partial charge < -0.3 is 18.8 Å². The first-order valence-electron chi connectivity index (χ1n) is 12.9. The molecular formula is C33H27NO5. The summed E-state index contributed by atoms with van der Waals surface area (Å²) in [6, 6.07) is 31.8. The summed E-state index contributed by atoms with van der Waals surface area (Å²) >= 11 is 0. The topological polar surface area (TPSA) is 69.0 Å². The fraction of sp³-hybridized carbons (Fsp3) is 0.152. The third-order valence-corrected chi connectivity index (χ3v) is 7.10. The molecule has 5 aromatic rings. The standard InChI is InChI=1S/C33H27NO5/c1-37-28-20-24(16-17-27(28)38-21-23-12-6-3-7-13-23)30-29-31(35)25-14-8-9-15-26(25)39-32(29)33(36)34(30)19-18-22-10-4-2-5-11-22/h2-17,20,30H,18-19,21H2,1H3. The molecule has 0 fully saturated rings. The van der Waals surface area contributed by atoms with Gasteiger partial charge in [0.2, 0.25) is 5.76 Å². The van der Waals surface area contributed by atoms with Crippen molar-refractivity contribution in [1.82, 2.24) is 4.90 Å². The summed E-state index contributed by atoms with van der Waals surface area (Å²) in [5.41, 5.74) is 3.45. The maximum atomic E-state index is 13.8. The van der Waals surface area contributed by atoms with Crippen molar-refractivity contribution < 1.29 is 18.7 Å². The highest BCUT2D eigenvalue weighted by atomic mass is 16.5. The predicted octanol–water partition coefficient (Wildman–Crippen LogP) is 6.17. The molecule has 0 bridgehead atoms. The summed E-state index contributed by atoms with van der Waals surface area (Å²) in [6.45, 7) is 0.808. The molecule has 0 saturated carbocycles. The largest absolute Gasteiger partial charge is 0.493 e. The van der Waals surface area contributed by atoms with Gasteiger partial charge in [-0.2, -0.15) is 0 Å². The van der Waals surface area contributed by atoms with Crippen molar-refractivity contribution in [1.29, 1.82) is 0 Å². The molecule has 39 heavy (non-hydrogen) atoms. The maximum Gasteiger partial charge on any atom is 0.290 e. The maximum absolute atomic E-state index is 13.8. The van der Waals surface area contributed by atoms with E-state index < -0.39 is 6.04 Å². The normalized spacial score (nSPS) is 14.4. The van der Waals surface area contributed by atoms with E-state index in [4.69, 9.17) is 13.9 Å². The lowest BCUT2D eigenvalue weighted by Crippen LogP contribution is -2.31. The minimum atomic E-state index is -0.617. The molecule has 0 aliphatic carbocycles. The van der Waals surface area contributed by atoms with Crippen molar-refractivity contribution in [3.8, 4) is 11.5 Å². The van der Waals surface area contributed by atoms with Crippen LogP contribution in [0.5, 0.6) is 11.5 Å². The van der Waals surface area contributed by atoms with Crippen molar-refractivity contribution in [2.45, 2.75) is 19.1 Å². The lowest BCUT2D eigenvalue weighted by Gasteiger charge is -2.26. The number of rotatable bonds is 8. The summed E-state index contributed by atoms with van der Waals surface area (Å²) in [6.07, 6.45) is 0.639. The van der Waals surface area contributed by atoms with Crippen LogP contribution in [0.4, 0.5) is 0 Å². The summed E-state index contributed by atoms with van der Waals surface area (Å²) < 4.78 is 17.8. The van der Waals surface area contributed by atoms with Crippen LogP contribution in [0.15, 0.2) is 112 Å². The van der Waals surface area contributed by atoms with Crippen LogP contribution in [0.3, 0.4) is 0 Å². The SMILES string of the molecule is COc1cc(C2c3c(oc4ccccc4c3=O)C(=O)N2CCc2ccccc2)ccc1OCc1ccccc1. The minimum absolute atomic E-state index is 0.0973. The molecule has 1 aromatic heterocycles. The lowest BCUT2D eigenvalue weighted by molar-refractivity contribution is 0.0730. The zero-order chi connectivity index (χ0) is 26.8. The molecule has 6 heteroatoms. The average Bonchev–Trinajstić information content (AvgIpc) is 3.27.